The van der Waals surface area contributed by atoms with Crippen molar-refractivity contribution < 1.29 is 19.4 Å². The van der Waals surface area contributed by atoms with Gasteiger partial charge in [-0.05, 0) is 12.0 Å². The zero-order chi connectivity index (χ0) is 13.5. The number of rotatable bonds is 6. The van der Waals surface area contributed by atoms with E-state index < -0.39 is 24.0 Å². The van der Waals surface area contributed by atoms with E-state index in [4.69, 9.17) is 21.3 Å². The van der Waals surface area contributed by atoms with Crippen molar-refractivity contribution in [2.45, 2.75) is 19.2 Å². The van der Waals surface area contributed by atoms with Gasteiger partial charge in [-0.25, -0.2) is 0 Å². The lowest BCUT2D eigenvalue weighted by molar-refractivity contribution is -0.160. The van der Waals surface area contributed by atoms with E-state index in [1.54, 1.807) is 24.3 Å². The smallest absolute Gasteiger partial charge is 0.320 e. The van der Waals surface area contributed by atoms with Gasteiger partial charge in [0.25, 0.3) is 0 Å². The van der Waals surface area contributed by atoms with Crippen molar-refractivity contribution in [2.75, 3.05) is 0 Å². The fourth-order valence-electron chi connectivity index (χ4n) is 1.40. The van der Waals surface area contributed by atoms with Crippen LogP contribution in [0.15, 0.2) is 30.3 Å². The van der Waals surface area contributed by atoms with Crippen LogP contribution in [0.4, 0.5) is 0 Å². The minimum Gasteiger partial charge on any atom is -0.481 e. The predicted molar refractivity (Wildman–Crippen MR) is 64.1 cm³/mol. The Kier molecular flexibility index (Phi) is 5.29. The second-order valence-electron chi connectivity index (χ2n) is 3.88. The Morgan fingerprint density at radius 3 is 2.33 bits per heavy atom. The normalized spacial score (nSPS) is 12.2. The van der Waals surface area contributed by atoms with Crippen LogP contribution in [0.3, 0.4) is 0 Å². The molecule has 0 aliphatic heterocycles. The molecule has 0 aliphatic carbocycles. The third kappa shape index (κ3) is 4.52. The van der Waals surface area contributed by atoms with Crippen LogP contribution in [0.2, 0.25) is 0 Å². The Labute approximate surface area is 105 Å². The molecule has 1 aromatic carbocycles. The number of carbonyl (C=O) groups excluding carboxylic acids is 1. The average Bonchev–Trinajstić information content (AvgIpc) is 2.34. The van der Waals surface area contributed by atoms with Gasteiger partial charge in [-0.2, -0.15) is 0 Å². The molecule has 1 aromatic rings. The summed E-state index contributed by atoms with van der Waals surface area (Å²) in [5.41, 5.74) is 11.3. The van der Waals surface area contributed by atoms with Crippen LogP contribution in [0.1, 0.15) is 12.0 Å². The van der Waals surface area contributed by atoms with Crippen molar-refractivity contribution >= 4 is 11.9 Å². The Balaban J connectivity index is 2.54. The van der Waals surface area contributed by atoms with Gasteiger partial charge in [0, 0.05) is 0 Å². The molecule has 5 N–H and O–H groups in total. The van der Waals surface area contributed by atoms with Crippen LogP contribution in [0, 0.1) is 5.92 Å². The summed E-state index contributed by atoms with van der Waals surface area (Å²) in [6, 6.07) is 8.98. The van der Waals surface area contributed by atoms with E-state index in [0.29, 0.717) is 0 Å². The Morgan fingerprint density at radius 2 is 1.83 bits per heavy atom. The summed E-state index contributed by atoms with van der Waals surface area (Å²) in [5, 5.41) is 8.88. The Hall–Kier alpha value is -1.92. The van der Waals surface area contributed by atoms with Crippen LogP contribution in [0.25, 0.3) is 0 Å². The first-order valence-electron chi connectivity index (χ1n) is 5.45. The van der Waals surface area contributed by atoms with Crippen molar-refractivity contribution in [2.24, 2.45) is 17.4 Å². The Morgan fingerprint density at radius 1 is 1.22 bits per heavy atom. The van der Waals surface area contributed by atoms with E-state index in [1.807, 2.05) is 6.07 Å². The lowest BCUT2D eigenvalue weighted by atomic mass is 10.0. The number of hydrogen-bond acceptors (Lipinski definition) is 5. The second kappa shape index (κ2) is 6.73. The van der Waals surface area contributed by atoms with Gasteiger partial charge >= 0.3 is 11.9 Å². The molecule has 0 bridgehead atoms. The summed E-state index contributed by atoms with van der Waals surface area (Å²) in [6.07, 6.45) is -1.02. The van der Waals surface area contributed by atoms with Crippen LogP contribution >= 0.6 is 0 Å². The SMILES string of the molecule is NC(N)CC(C(=O)O)C(=O)OCc1ccccc1. The van der Waals surface area contributed by atoms with Gasteiger partial charge in [-0.3, -0.25) is 9.59 Å². The summed E-state index contributed by atoms with van der Waals surface area (Å²) in [6.45, 7) is 0.0310. The molecule has 0 aromatic heterocycles. The number of nitrogens with two attached hydrogens (primary N) is 2. The van der Waals surface area contributed by atoms with Gasteiger partial charge in [0.2, 0.25) is 0 Å². The lowest BCUT2D eigenvalue weighted by Crippen LogP contribution is -2.38. The van der Waals surface area contributed by atoms with E-state index in [9.17, 15) is 9.59 Å². The number of aliphatic carboxylic acids is 1. The van der Waals surface area contributed by atoms with Crippen LogP contribution in [0.5, 0.6) is 0 Å². The minimum absolute atomic E-state index is 0.0310. The zero-order valence-electron chi connectivity index (χ0n) is 9.78. The molecule has 0 amide bonds. The molecule has 0 spiro atoms. The van der Waals surface area contributed by atoms with Gasteiger partial charge < -0.3 is 21.3 Å². The van der Waals surface area contributed by atoms with E-state index in [-0.39, 0.29) is 13.0 Å². The molecule has 98 valence electrons. The van der Waals surface area contributed by atoms with Crippen molar-refractivity contribution in [1.82, 2.24) is 0 Å². The van der Waals surface area contributed by atoms with Crippen LogP contribution < -0.4 is 11.5 Å². The van der Waals surface area contributed by atoms with Crippen molar-refractivity contribution in [3.8, 4) is 0 Å². The summed E-state index contributed by atoms with van der Waals surface area (Å²) in [7, 11) is 0. The van der Waals surface area contributed by atoms with Crippen LogP contribution in [-0.4, -0.2) is 23.2 Å². The van der Waals surface area contributed by atoms with E-state index in [0.717, 1.165) is 5.56 Å². The van der Waals surface area contributed by atoms with Gasteiger partial charge in [0.05, 0.1) is 6.17 Å². The summed E-state index contributed by atoms with van der Waals surface area (Å²) in [4.78, 5) is 22.5. The highest BCUT2D eigenvalue weighted by molar-refractivity contribution is 5.93. The van der Waals surface area contributed by atoms with E-state index in [1.165, 1.54) is 0 Å². The molecule has 0 fully saturated rings. The topological polar surface area (TPSA) is 116 Å². The lowest BCUT2D eigenvalue weighted by Gasteiger charge is -2.13. The maximum atomic E-state index is 11.6. The van der Waals surface area contributed by atoms with E-state index >= 15 is 0 Å². The third-order valence-electron chi connectivity index (χ3n) is 2.31. The molecular weight excluding hydrogens is 236 g/mol. The first-order chi connectivity index (χ1) is 8.50. The number of carboxylic acid groups (broad SMARTS) is 1. The molecule has 1 rings (SSSR count). The molecular formula is C12H16N2O4. The summed E-state index contributed by atoms with van der Waals surface area (Å²) in [5.74, 6) is -3.44. The maximum absolute atomic E-state index is 11.6. The maximum Gasteiger partial charge on any atom is 0.320 e. The number of hydrogen-bond donors (Lipinski definition) is 3. The molecule has 1 unspecified atom stereocenters. The first-order valence-corrected chi connectivity index (χ1v) is 5.45. The van der Waals surface area contributed by atoms with Gasteiger partial charge in [0.1, 0.15) is 6.61 Å². The molecule has 1 atom stereocenters. The zero-order valence-corrected chi connectivity index (χ0v) is 9.78. The van der Waals surface area contributed by atoms with Crippen molar-refractivity contribution in [3.05, 3.63) is 35.9 Å². The minimum atomic E-state index is -1.33. The van der Waals surface area contributed by atoms with Gasteiger partial charge in [-0.15, -0.1) is 0 Å². The molecule has 6 nitrogen and oxygen atoms in total. The number of benzene rings is 1. The Bertz CT molecular complexity index is 406. The second-order valence-corrected chi connectivity index (χ2v) is 3.88. The highest BCUT2D eigenvalue weighted by Crippen LogP contribution is 2.09. The largest absolute Gasteiger partial charge is 0.481 e. The summed E-state index contributed by atoms with van der Waals surface area (Å²) >= 11 is 0. The highest BCUT2D eigenvalue weighted by Gasteiger charge is 2.29. The molecule has 6 heteroatoms. The molecule has 0 heterocycles. The molecule has 0 aliphatic rings. The highest BCUT2D eigenvalue weighted by atomic mass is 16.5. The molecule has 0 saturated heterocycles. The number of carbonyl (C=O) groups is 2. The number of ether oxygens (including phenoxy) is 1. The van der Waals surface area contributed by atoms with Crippen molar-refractivity contribution in [1.29, 1.82) is 0 Å². The van der Waals surface area contributed by atoms with Gasteiger partial charge in [-0.1, -0.05) is 30.3 Å². The number of carboxylic acids is 1. The summed E-state index contributed by atoms with van der Waals surface area (Å²) < 4.78 is 4.92. The van der Waals surface area contributed by atoms with E-state index in [2.05, 4.69) is 0 Å². The standard InChI is InChI=1S/C12H16N2O4/c13-10(14)6-9(11(15)16)12(17)18-7-8-4-2-1-3-5-8/h1-5,9-10H,6-7,13-14H2,(H,15,16). The predicted octanol–water partition coefficient (Wildman–Crippen LogP) is 0.0642. The first kappa shape index (κ1) is 14.1. The quantitative estimate of drug-likeness (QED) is 0.374. The van der Waals surface area contributed by atoms with Crippen molar-refractivity contribution in [3.63, 3.8) is 0 Å². The van der Waals surface area contributed by atoms with Gasteiger partial charge in [0.15, 0.2) is 5.92 Å². The average molecular weight is 252 g/mol. The molecule has 0 saturated carbocycles. The third-order valence-corrected chi connectivity index (χ3v) is 2.31. The molecule has 0 radical (unpaired) electrons. The number of esters is 1. The molecule has 18 heavy (non-hydrogen) atoms. The fourth-order valence-corrected chi connectivity index (χ4v) is 1.40. The monoisotopic (exact) mass is 252 g/mol. The fraction of sp³-hybridized carbons (Fsp3) is 0.333. The van der Waals surface area contributed by atoms with Crippen LogP contribution in [-0.2, 0) is 20.9 Å².